The Bertz CT molecular complexity index is 988. The van der Waals surface area contributed by atoms with Gasteiger partial charge in [0.05, 0.1) is 17.9 Å². The number of benzene rings is 1. The number of hydrogen-bond acceptors (Lipinski definition) is 5. The second kappa shape index (κ2) is 7.98. The molecule has 9 heteroatoms. The topological polar surface area (TPSA) is 95.5 Å². The van der Waals surface area contributed by atoms with Crippen molar-refractivity contribution < 1.29 is 4.39 Å². The first-order valence-electron chi connectivity index (χ1n) is 8.63. The number of H-pyrrole nitrogens is 2. The highest BCUT2D eigenvalue weighted by Gasteiger charge is 2.12. The molecule has 0 aliphatic heterocycles. The van der Waals surface area contributed by atoms with Crippen LogP contribution < -0.4 is 5.69 Å². The molecule has 27 heavy (non-hydrogen) atoms. The Labute approximate surface area is 155 Å². The maximum absolute atomic E-state index is 13.7. The number of nitrogens with zero attached hydrogens (tertiary/aromatic N) is 5. The molecule has 3 aromatic rings. The van der Waals surface area contributed by atoms with Gasteiger partial charge in [-0.2, -0.15) is 4.80 Å². The molecule has 0 fully saturated rings. The number of aryl methyl sites for hydroxylation is 2. The van der Waals surface area contributed by atoms with Gasteiger partial charge < -0.3 is 14.9 Å². The summed E-state index contributed by atoms with van der Waals surface area (Å²) in [5.74, 6) is 0.213. The fourth-order valence-electron chi connectivity index (χ4n) is 2.79. The zero-order valence-electron chi connectivity index (χ0n) is 15.4. The lowest BCUT2D eigenvalue weighted by atomic mass is 10.1. The molecule has 0 aliphatic rings. The van der Waals surface area contributed by atoms with Crippen molar-refractivity contribution in [1.82, 2.24) is 35.1 Å². The fraction of sp³-hybridized carbons (Fsp3) is 0.333. The van der Waals surface area contributed by atoms with E-state index in [0.717, 1.165) is 17.8 Å². The molecule has 1 aromatic carbocycles. The van der Waals surface area contributed by atoms with Crippen molar-refractivity contribution in [2.24, 2.45) is 0 Å². The van der Waals surface area contributed by atoms with Gasteiger partial charge in [0.15, 0.2) is 5.82 Å². The summed E-state index contributed by atoms with van der Waals surface area (Å²) in [5.41, 5.74) is 2.49. The molecule has 0 saturated carbocycles. The highest BCUT2D eigenvalue weighted by Crippen LogP contribution is 2.15. The Morgan fingerprint density at radius 1 is 1.33 bits per heavy atom. The molecule has 8 nitrogen and oxygen atoms in total. The Morgan fingerprint density at radius 2 is 2.11 bits per heavy atom. The summed E-state index contributed by atoms with van der Waals surface area (Å²) >= 11 is 0. The average molecular weight is 371 g/mol. The summed E-state index contributed by atoms with van der Waals surface area (Å²) in [6.07, 6.45) is 1.07. The Balaban J connectivity index is 1.51. The number of imidazole rings is 1. The van der Waals surface area contributed by atoms with E-state index in [9.17, 15) is 9.18 Å². The van der Waals surface area contributed by atoms with E-state index >= 15 is 0 Å². The zero-order valence-corrected chi connectivity index (χ0v) is 15.4. The van der Waals surface area contributed by atoms with Crippen LogP contribution in [0, 0.1) is 12.7 Å². The summed E-state index contributed by atoms with van der Waals surface area (Å²) in [6.45, 7) is 7.13. The third-order valence-corrected chi connectivity index (χ3v) is 4.32. The molecule has 0 bridgehead atoms. The molecule has 2 heterocycles. The second-order valence-electron chi connectivity index (χ2n) is 6.37. The normalized spacial score (nSPS) is 10.9. The van der Waals surface area contributed by atoms with E-state index in [1.54, 1.807) is 18.2 Å². The lowest BCUT2D eigenvalue weighted by molar-refractivity contribution is 0.412. The van der Waals surface area contributed by atoms with Crippen molar-refractivity contribution in [1.29, 1.82) is 0 Å². The molecule has 0 atom stereocenters. The molecule has 142 valence electrons. The number of tetrazole rings is 1. The first kappa shape index (κ1) is 18.6. The second-order valence-corrected chi connectivity index (χ2v) is 6.37. The molecule has 2 aromatic heterocycles. The van der Waals surface area contributed by atoms with Crippen LogP contribution in [0.15, 0.2) is 35.6 Å². The van der Waals surface area contributed by atoms with E-state index < -0.39 is 0 Å². The van der Waals surface area contributed by atoms with Gasteiger partial charge in [-0.1, -0.05) is 24.8 Å². The lowest BCUT2D eigenvalue weighted by Gasteiger charge is -2.20. The van der Waals surface area contributed by atoms with Crippen molar-refractivity contribution in [3.63, 3.8) is 0 Å². The van der Waals surface area contributed by atoms with Crippen molar-refractivity contribution >= 4 is 5.70 Å². The molecule has 0 amide bonds. The van der Waals surface area contributed by atoms with Gasteiger partial charge in [-0.25, -0.2) is 9.18 Å². The predicted octanol–water partition coefficient (Wildman–Crippen LogP) is 1.72. The van der Waals surface area contributed by atoms with E-state index in [4.69, 9.17) is 0 Å². The van der Waals surface area contributed by atoms with Gasteiger partial charge in [0.1, 0.15) is 5.82 Å². The maximum Gasteiger partial charge on any atom is 0.323 e. The van der Waals surface area contributed by atoms with Crippen molar-refractivity contribution in [2.75, 3.05) is 13.6 Å². The molecule has 0 unspecified atom stereocenters. The highest BCUT2D eigenvalue weighted by atomic mass is 19.1. The Kier molecular flexibility index (Phi) is 5.49. The van der Waals surface area contributed by atoms with Gasteiger partial charge >= 0.3 is 5.69 Å². The van der Waals surface area contributed by atoms with E-state index in [1.807, 2.05) is 18.9 Å². The van der Waals surface area contributed by atoms with Crippen LogP contribution >= 0.6 is 0 Å². The van der Waals surface area contributed by atoms with E-state index in [2.05, 4.69) is 32.0 Å². The van der Waals surface area contributed by atoms with Crippen molar-refractivity contribution in [3.8, 4) is 0 Å². The van der Waals surface area contributed by atoms with E-state index in [1.165, 1.54) is 10.9 Å². The molecule has 0 saturated heterocycles. The summed E-state index contributed by atoms with van der Waals surface area (Å²) in [7, 11) is 1.91. The van der Waals surface area contributed by atoms with Gasteiger partial charge in [-0.15, -0.1) is 10.2 Å². The molecule has 2 N–H and O–H groups in total. The molecule has 0 aliphatic carbocycles. The minimum Gasteiger partial charge on any atom is -0.373 e. The number of hydrogen-bond donors (Lipinski definition) is 2. The standard InChI is InChI=1S/C18H22FN7O/c1-12-17(21-18(27)20-12)13(2)25(3)9-6-10-26-23-16(22-24-26)11-14-7-4-5-8-15(14)19/h4-5,7-8H,2,6,9-11H2,1,3H3,(H2,20,21,27). The zero-order chi connectivity index (χ0) is 19.4. The van der Waals surface area contributed by atoms with Crippen LogP contribution in [-0.4, -0.2) is 48.7 Å². The van der Waals surface area contributed by atoms with Crippen LogP contribution in [0.3, 0.4) is 0 Å². The number of aromatic amines is 2. The van der Waals surface area contributed by atoms with Crippen molar-refractivity contribution in [2.45, 2.75) is 26.3 Å². The Morgan fingerprint density at radius 3 is 2.81 bits per heavy atom. The number of halogens is 1. The molecule has 0 spiro atoms. The smallest absolute Gasteiger partial charge is 0.323 e. The quantitative estimate of drug-likeness (QED) is 0.629. The summed E-state index contributed by atoms with van der Waals surface area (Å²) < 4.78 is 13.7. The van der Waals surface area contributed by atoms with Gasteiger partial charge in [-0.3, -0.25) is 0 Å². The third kappa shape index (κ3) is 4.49. The van der Waals surface area contributed by atoms with E-state index in [0.29, 0.717) is 36.6 Å². The van der Waals surface area contributed by atoms with Gasteiger partial charge in [0.25, 0.3) is 0 Å². The van der Waals surface area contributed by atoms with Crippen LogP contribution in [0.2, 0.25) is 0 Å². The summed E-state index contributed by atoms with van der Waals surface area (Å²) in [4.78, 5) is 20.3. The van der Waals surface area contributed by atoms with Crippen LogP contribution in [0.5, 0.6) is 0 Å². The van der Waals surface area contributed by atoms with Crippen LogP contribution in [-0.2, 0) is 13.0 Å². The van der Waals surface area contributed by atoms with Crippen molar-refractivity contribution in [3.05, 3.63) is 69.9 Å². The first-order chi connectivity index (χ1) is 12.9. The summed E-state index contributed by atoms with van der Waals surface area (Å²) in [5, 5.41) is 12.3. The SMILES string of the molecule is C=C(c1[nH]c(=O)[nH]c1C)N(C)CCCn1nnc(Cc2ccccc2F)n1. The molecule has 0 radical (unpaired) electrons. The third-order valence-electron chi connectivity index (χ3n) is 4.32. The molecular formula is C18H22FN7O. The van der Waals surface area contributed by atoms with Crippen LogP contribution in [0.25, 0.3) is 5.70 Å². The number of aromatic nitrogens is 6. The lowest BCUT2D eigenvalue weighted by Crippen LogP contribution is -2.20. The molecule has 3 rings (SSSR count). The first-order valence-corrected chi connectivity index (χ1v) is 8.63. The highest BCUT2D eigenvalue weighted by molar-refractivity contribution is 5.59. The predicted molar refractivity (Wildman–Crippen MR) is 99.5 cm³/mol. The van der Waals surface area contributed by atoms with Crippen LogP contribution in [0.4, 0.5) is 4.39 Å². The monoisotopic (exact) mass is 371 g/mol. The van der Waals surface area contributed by atoms with Gasteiger partial charge in [0.2, 0.25) is 0 Å². The molecular weight excluding hydrogens is 349 g/mol. The van der Waals surface area contributed by atoms with Crippen LogP contribution in [0.1, 0.15) is 29.2 Å². The average Bonchev–Trinajstić information content (AvgIpc) is 3.22. The van der Waals surface area contributed by atoms with Gasteiger partial charge in [0, 0.05) is 25.7 Å². The van der Waals surface area contributed by atoms with Gasteiger partial charge in [-0.05, 0) is 30.2 Å². The maximum atomic E-state index is 13.7. The fourth-order valence-corrected chi connectivity index (χ4v) is 2.79. The largest absolute Gasteiger partial charge is 0.373 e. The minimum absolute atomic E-state index is 0.244. The number of rotatable bonds is 8. The Hall–Kier alpha value is -3.23. The minimum atomic E-state index is -0.271. The van der Waals surface area contributed by atoms with E-state index in [-0.39, 0.29) is 11.5 Å². The number of nitrogens with one attached hydrogen (secondary N) is 2. The summed E-state index contributed by atoms with van der Waals surface area (Å²) in [6, 6.07) is 6.56.